The Morgan fingerprint density at radius 3 is 2.15 bits per heavy atom. The molecule has 0 spiro atoms. The molecule has 0 aromatic rings. The Morgan fingerprint density at radius 2 is 1.48 bits per heavy atom. The molecule has 0 aromatic heterocycles. The molecule has 1 rings (SSSR count). The SMILES string of the molecule is CCCCC=CC=CC=CCCCCC(=O)CCC(=O)OC1CCCCC1. The molecule has 0 bridgehead atoms. The smallest absolute Gasteiger partial charge is 0.306 e. The highest BCUT2D eigenvalue weighted by Crippen LogP contribution is 2.20. The van der Waals surface area contributed by atoms with Gasteiger partial charge >= 0.3 is 5.97 Å². The fraction of sp³-hybridized carbons (Fsp3) is 0.667. The molecule has 0 heterocycles. The van der Waals surface area contributed by atoms with E-state index in [1.165, 1.54) is 19.3 Å². The van der Waals surface area contributed by atoms with Crippen molar-refractivity contribution in [3.63, 3.8) is 0 Å². The van der Waals surface area contributed by atoms with E-state index in [0.717, 1.165) is 51.4 Å². The Labute approximate surface area is 165 Å². The highest BCUT2D eigenvalue weighted by molar-refractivity contribution is 5.82. The van der Waals surface area contributed by atoms with Crippen LogP contribution < -0.4 is 0 Å². The summed E-state index contributed by atoms with van der Waals surface area (Å²) in [6.07, 6.45) is 25.9. The van der Waals surface area contributed by atoms with Crippen molar-refractivity contribution in [1.29, 1.82) is 0 Å². The number of carbonyl (C=O) groups excluding carboxylic acids is 2. The van der Waals surface area contributed by atoms with Gasteiger partial charge in [0.05, 0.1) is 6.42 Å². The van der Waals surface area contributed by atoms with Crippen LogP contribution in [-0.2, 0) is 14.3 Å². The van der Waals surface area contributed by atoms with Gasteiger partial charge in [0, 0.05) is 12.8 Å². The number of esters is 1. The maximum absolute atomic E-state index is 11.9. The molecule has 0 atom stereocenters. The van der Waals surface area contributed by atoms with Gasteiger partial charge in [0.2, 0.25) is 0 Å². The van der Waals surface area contributed by atoms with Crippen molar-refractivity contribution in [2.24, 2.45) is 0 Å². The summed E-state index contributed by atoms with van der Waals surface area (Å²) in [7, 11) is 0. The summed E-state index contributed by atoms with van der Waals surface area (Å²) < 4.78 is 5.45. The molecule has 1 saturated carbocycles. The molecule has 0 aliphatic heterocycles. The van der Waals surface area contributed by atoms with Gasteiger partial charge < -0.3 is 4.74 Å². The molecule has 1 aliphatic rings. The number of carbonyl (C=O) groups is 2. The molecule has 1 fully saturated rings. The van der Waals surface area contributed by atoms with E-state index in [-0.39, 0.29) is 24.3 Å². The van der Waals surface area contributed by atoms with Crippen molar-refractivity contribution in [2.75, 3.05) is 0 Å². The van der Waals surface area contributed by atoms with E-state index in [9.17, 15) is 9.59 Å². The number of hydrogen-bond donors (Lipinski definition) is 0. The Kier molecular flexibility index (Phi) is 14.3. The minimum absolute atomic E-state index is 0.0917. The first kappa shape index (κ1) is 23.4. The molecule has 0 radical (unpaired) electrons. The number of allylic oxidation sites excluding steroid dienone is 6. The lowest BCUT2D eigenvalue weighted by atomic mass is 9.98. The molecule has 3 heteroatoms. The quantitative estimate of drug-likeness (QED) is 0.195. The third-order valence-electron chi connectivity index (χ3n) is 4.86. The maximum atomic E-state index is 11.9. The maximum Gasteiger partial charge on any atom is 0.306 e. The lowest BCUT2D eigenvalue weighted by Gasteiger charge is -2.21. The predicted molar refractivity (Wildman–Crippen MR) is 113 cm³/mol. The van der Waals surface area contributed by atoms with Gasteiger partial charge in [0.1, 0.15) is 11.9 Å². The van der Waals surface area contributed by atoms with Crippen LogP contribution >= 0.6 is 0 Å². The number of rotatable bonds is 14. The van der Waals surface area contributed by atoms with Crippen molar-refractivity contribution in [1.82, 2.24) is 0 Å². The number of ketones is 1. The molecule has 3 nitrogen and oxygen atoms in total. The van der Waals surface area contributed by atoms with Gasteiger partial charge in [-0.2, -0.15) is 0 Å². The van der Waals surface area contributed by atoms with Crippen molar-refractivity contribution < 1.29 is 14.3 Å². The third-order valence-corrected chi connectivity index (χ3v) is 4.86. The number of ether oxygens (including phenoxy) is 1. The zero-order valence-corrected chi connectivity index (χ0v) is 17.2. The Morgan fingerprint density at radius 1 is 0.815 bits per heavy atom. The van der Waals surface area contributed by atoms with E-state index >= 15 is 0 Å². The van der Waals surface area contributed by atoms with Crippen LogP contribution in [0.15, 0.2) is 36.5 Å². The molecule has 0 aromatic carbocycles. The summed E-state index contributed by atoms with van der Waals surface area (Å²) in [5.41, 5.74) is 0. The minimum atomic E-state index is -0.200. The first-order valence-electron chi connectivity index (χ1n) is 10.9. The predicted octanol–water partition coefficient (Wildman–Crippen LogP) is 6.63. The number of Topliss-reactive ketones (excluding diaryl/α,β-unsaturated/α-hetero) is 1. The molecule has 152 valence electrons. The standard InChI is InChI=1S/C24H38O3/c1-2-3-4-5-6-7-8-9-10-11-12-14-17-22(25)20-21-24(26)27-23-18-15-13-16-19-23/h5-10,23H,2-4,11-21H2,1H3. The average Bonchev–Trinajstić information content (AvgIpc) is 2.68. The minimum Gasteiger partial charge on any atom is -0.462 e. The van der Waals surface area contributed by atoms with E-state index in [4.69, 9.17) is 4.74 Å². The summed E-state index contributed by atoms with van der Waals surface area (Å²) in [4.78, 5) is 23.7. The lowest BCUT2D eigenvalue weighted by molar-refractivity contribution is -0.151. The number of unbranched alkanes of at least 4 members (excludes halogenated alkanes) is 4. The summed E-state index contributed by atoms with van der Waals surface area (Å²) in [5, 5.41) is 0. The van der Waals surface area contributed by atoms with Crippen LogP contribution in [0.2, 0.25) is 0 Å². The lowest BCUT2D eigenvalue weighted by Crippen LogP contribution is -2.21. The normalized spacial score (nSPS) is 15.9. The highest BCUT2D eigenvalue weighted by atomic mass is 16.5. The van der Waals surface area contributed by atoms with E-state index < -0.39 is 0 Å². The average molecular weight is 375 g/mol. The van der Waals surface area contributed by atoms with Gasteiger partial charge in [-0.05, 0) is 51.4 Å². The fourth-order valence-electron chi connectivity index (χ4n) is 3.18. The van der Waals surface area contributed by atoms with Crippen LogP contribution in [0.3, 0.4) is 0 Å². The molecule has 0 amide bonds. The first-order chi connectivity index (χ1) is 13.2. The zero-order valence-electron chi connectivity index (χ0n) is 17.2. The van der Waals surface area contributed by atoms with Crippen LogP contribution in [0.25, 0.3) is 0 Å². The van der Waals surface area contributed by atoms with E-state index in [1.54, 1.807) is 0 Å². The van der Waals surface area contributed by atoms with Crippen molar-refractivity contribution in [3.8, 4) is 0 Å². The first-order valence-corrected chi connectivity index (χ1v) is 10.9. The molecular weight excluding hydrogens is 336 g/mol. The Balaban J connectivity index is 1.97. The van der Waals surface area contributed by atoms with E-state index in [2.05, 4.69) is 37.3 Å². The van der Waals surface area contributed by atoms with Crippen LogP contribution in [0.5, 0.6) is 0 Å². The van der Waals surface area contributed by atoms with Gasteiger partial charge in [-0.25, -0.2) is 0 Å². The molecular formula is C24H38O3. The Hall–Kier alpha value is -1.64. The van der Waals surface area contributed by atoms with E-state index in [0.29, 0.717) is 12.8 Å². The Bertz CT molecular complexity index is 482. The van der Waals surface area contributed by atoms with Gasteiger partial charge in [0.15, 0.2) is 0 Å². The second-order valence-electron chi connectivity index (χ2n) is 7.42. The van der Waals surface area contributed by atoms with Crippen LogP contribution in [-0.4, -0.2) is 17.9 Å². The third kappa shape index (κ3) is 14.1. The van der Waals surface area contributed by atoms with E-state index in [1.807, 2.05) is 6.08 Å². The summed E-state index contributed by atoms with van der Waals surface area (Å²) in [6, 6.07) is 0. The van der Waals surface area contributed by atoms with Gasteiger partial charge in [-0.1, -0.05) is 62.6 Å². The van der Waals surface area contributed by atoms with Crippen LogP contribution in [0.1, 0.15) is 96.8 Å². The molecule has 0 N–H and O–H groups in total. The molecule has 0 saturated heterocycles. The van der Waals surface area contributed by atoms with Crippen molar-refractivity contribution in [3.05, 3.63) is 36.5 Å². The molecule has 1 aliphatic carbocycles. The zero-order chi connectivity index (χ0) is 19.6. The van der Waals surface area contributed by atoms with Gasteiger partial charge in [-0.15, -0.1) is 0 Å². The summed E-state index contributed by atoms with van der Waals surface area (Å²) in [5.74, 6) is -0.0228. The monoisotopic (exact) mass is 374 g/mol. The summed E-state index contributed by atoms with van der Waals surface area (Å²) >= 11 is 0. The van der Waals surface area contributed by atoms with Crippen LogP contribution in [0.4, 0.5) is 0 Å². The van der Waals surface area contributed by atoms with Gasteiger partial charge in [-0.3, -0.25) is 9.59 Å². The topological polar surface area (TPSA) is 43.4 Å². The van der Waals surface area contributed by atoms with Crippen LogP contribution in [0, 0.1) is 0 Å². The van der Waals surface area contributed by atoms with Crippen molar-refractivity contribution >= 4 is 11.8 Å². The molecule has 0 unspecified atom stereocenters. The number of hydrogen-bond acceptors (Lipinski definition) is 3. The second-order valence-corrected chi connectivity index (χ2v) is 7.42. The fourth-order valence-corrected chi connectivity index (χ4v) is 3.18. The second kappa shape index (κ2) is 16.5. The highest BCUT2D eigenvalue weighted by Gasteiger charge is 2.18. The molecule has 27 heavy (non-hydrogen) atoms. The van der Waals surface area contributed by atoms with Crippen molar-refractivity contribution in [2.45, 2.75) is 103 Å². The largest absolute Gasteiger partial charge is 0.462 e. The van der Waals surface area contributed by atoms with Gasteiger partial charge in [0.25, 0.3) is 0 Å². The summed E-state index contributed by atoms with van der Waals surface area (Å²) in [6.45, 7) is 2.20.